The molecule has 0 saturated carbocycles. The number of hydrogen-bond acceptors (Lipinski definition) is 4. The van der Waals surface area contributed by atoms with Crippen molar-refractivity contribution in [1.29, 1.82) is 0 Å². The number of carbonyl (C=O) groups is 2. The monoisotopic (exact) mass is 431 g/mol. The summed E-state index contributed by atoms with van der Waals surface area (Å²) >= 11 is 0. The number of nitrogens with zero attached hydrogens (tertiary/aromatic N) is 1. The van der Waals surface area contributed by atoms with Crippen LogP contribution in [0, 0.1) is 0 Å². The number of benzene rings is 2. The number of hydrogen-bond donors (Lipinski definition) is 2. The highest BCUT2D eigenvalue weighted by Gasteiger charge is 2.33. The Morgan fingerprint density at radius 2 is 1.80 bits per heavy atom. The van der Waals surface area contributed by atoms with Gasteiger partial charge in [0, 0.05) is 25.2 Å². The summed E-state index contributed by atoms with van der Waals surface area (Å²) in [5, 5.41) is 2.98. The first-order chi connectivity index (χ1) is 13.8. The van der Waals surface area contributed by atoms with Gasteiger partial charge in [0.1, 0.15) is 0 Å². The Hall–Kier alpha value is -2.57. The van der Waals surface area contributed by atoms with Crippen LogP contribution in [-0.2, 0) is 16.1 Å². The van der Waals surface area contributed by atoms with Crippen molar-refractivity contribution in [3.8, 4) is 11.1 Å². The molecule has 0 unspecified atom stereocenters. The number of fused-ring (bicyclic) bond motifs is 1. The minimum atomic E-state index is -0.447. The second kappa shape index (κ2) is 9.96. The number of amides is 2. The molecule has 1 aliphatic heterocycles. The summed E-state index contributed by atoms with van der Waals surface area (Å²) < 4.78 is 5.28. The van der Waals surface area contributed by atoms with E-state index in [1.54, 1.807) is 11.8 Å². The summed E-state index contributed by atoms with van der Waals surface area (Å²) in [6.07, 6.45) is -0.0243. The van der Waals surface area contributed by atoms with E-state index < -0.39 is 6.09 Å². The van der Waals surface area contributed by atoms with Crippen molar-refractivity contribution in [2.45, 2.75) is 58.8 Å². The molecule has 6 nitrogen and oxygen atoms in total. The first kappa shape index (κ1) is 23.7. The van der Waals surface area contributed by atoms with Crippen LogP contribution >= 0.6 is 12.4 Å². The lowest BCUT2D eigenvalue weighted by molar-refractivity contribution is -0.117. The zero-order valence-electron chi connectivity index (χ0n) is 17.8. The topological polar surface area (TPSA) is 84.7 Å². The minimum absolute atomic E-state index is 0. The van der Waals surface area contributed by atoms with Crippen LogP contribution in [-0.4, -0.2) is 24.1 Å². The van der Waals surface area contributed by atoms with Crippen LogP contribution in [0.25, 0.3) is 11.1 Å². The molecule has 0 fully saturated rings. The van der Waals surface area contributed by atoms with Gasteiger partial charge in [-0.25, -0.2) is 4.79 Å². The fraction of sp³-hybridized carbons (Fsp3) is 0.391. The Labute approximate surface area is 184 Å². The standard InChI is InChI=1S/C23H29N3O3.ClH/c1-14(2)29-23(28)25-21-11-15(3)26(16(4)27)22-10-9-19(12-20(21)22)18-7-5-17(13-24)6-8-18;/h5-10,12,14-15,21H,11,13,24H2,1-4H3,(H,25,28);1H/t15-,21+;/m0./s1. The molecule has 30 heavy (non-hydrogen) atoms. The molecule has 162 valence electrons. The highest BCUT2D eigenvalue weighted by molar-refractivity contribution is 5.94. The second-order valence-corrected chi connectivity index (χ2v) is 7.80. The summed E-state index contributed by atoms with van der Waals surface area (Å²) in [4.78, 5) is 26.3. The zero-order valence-corrected chi connectivity index (χ0v) is 18.7. The maximum absolute atomic E-state index is 12.3. The van der Waals surface area contributed by atoms with Crippen LogP contribution in [0.5, 0.6) is 0 Å². The van der Waals surface area contributed by atoms with E-state index in [2.05, 4.69) is 11.4 Å². The second-order valence-electron chi connectivity index (χ2n) is 7.80. The van der Waals surface area contributed by atoms with Gasteiger partial charge in [-0.1, -0.05) is 30.3 Å². The molecular weight excluding hydrogens is 402 g/mol. The summed E-state index contributed by atoms with van der Waals surface area (Å²) in [6.45, 7) is 7.70. The molecule has 1 heterocycles. The number of halogens is 1. The van der Waals surface area contributed by atoms with Gasteiger partial charge < -0.3 is 20.7 Å². The number of rotatable bonds is 4. The van der Waals surface area contributed by atoms with E-state index in [4.69, 9.17) is 10.5 Å². The first-order valence-electron chi connectivity index (χ1n) is 10.0. The van der Waals surface area contributed by atoms with Crippen LogP contribution in [0.3, 0.4) is 0 Å². The van der Waals surface area contributed by atoms with E-state index in [0.717, 1.165) is 27.9 Å². The predicted molar refractivity (Wildman–Crippen MR) is 122 cm³/mol. The molecular formula is C23H30ClN3O3. The molecule has 0 aliphatic carbocycles. The molecule has 0 saturated heterocycles. The van der Waals surface area contributed by atoms with Crippen LogP contribution in [0.1, 0.15) is 51.3 Å². The molecule has 7 heteroatoms. The van der Waals surface area contributed by atoms with E-state index >= 15 is 0 Å². The average Bonchev–Trinajstić information content (AvgIpc) is 2.67. The van der Waals surface area contributed by atoms with Crippen LogP contribution in [0.15, 0.2) is 42.5 Å². The SMILES string of the molecule is CC(=O)N1c2ccc(-c3ccc(CN)cc3)cc2[C@H](NC(=O)OC(C)C)C[C@@H]1C.Cl. The molecule has 0 aromatic heterocycles. The molecule has 2 atom stereocenters. The minimum Gasteiger partial charge on any atom is -0.447 e. The molecule has 0 spiro atoms. The molecule has 2 aromatic rings. The Morgan fingerprint density at radius 3 is 2.37 bits per heavy atom. The molecule has 3 rings (SSSR count). The number of nitrogens with one attached hydrogen (secondary N) is 1. The van der Waals surface area contributed by atoms with E-state index in [-0.39, 0.29) is 36.5 Å². The van der Waals surface area contributed by atoms with E-state index in [0.29, 0.717) is 13.0 Å². The third-order valence-corrected chi connectivity index (χ3v) is 5.18. The molecule has 0 radical (unpaired) electrons. The lowest BCUT2D eigenvalue weighted by Crippen LogP contribution is -2.45. The first-order valence-corrected chi connectivity index (χ1v) is 10.0. The summed E-state index contributed by atoms with van der Waals surface area (Å²) in [7, 11) is 0. The van der Waals surface area contributed by atoms with Gasteiger partial charge >= 0.3 is 6.09 Å². The molecule has 0 bridgehead atoms. The third kappa shape index (κ3) is 5.12. The number of ether oxygens (including phenoxy) is 1. The Bertz CT molecular complexity index is 899. The van der Waals surface area contributed by atoms with E-state index in [1.807, 2.05) is 57.2 Å². The predicted octanol–water partition coefficient (Wildman–Crippen LogP) is 4.55. The summed E-state index contributed by atoms with van der Waals surface area (Å²) in [5.74, 6) is -0.0120. The van der Waals surface area contributed by atoms with Gasteiger partial charge in [-0.15, -0.1) is 12.4 Å². The molecule has 2 aromatic carbocycles. The van der Waals surface area contributed by atoms with E-state index in [1.165, 1.54) is 0 Å². The Balaban J connectivity index is 0.00000320. The molecule has 1 aliphatic rings. The maximum atomic E-state index is 12.3. The van der Waals surface area contributed by atoms with Gasteiger partial charge in [-0.3, -0.25) is 4.79 Å². The van der Waals surface area contributed by atoms with Crippen LogP contribution < -0.4 is 16.0 Å². The highest BCUT2D eigenvalue weighted by atomic mass is 35.5. The summed E-state index contributed by atoms with van der Waals surface area (Å²) in [5.41, 5.74) is 10.6. The van der Waals surface area contributed by atoms with Gasteiger partial charge in [0.25, 0.3) is 0 Å². The van der Waals surface area contributed by atoms with Crippen molar-refractivity contribution < 1.29 is 14.3 Å². The van der Waals surface area contributed by atoms with Crippen molar-refractivity contribution in [2.75, 3.05) is 4.90 Å². The van der Waals surface area contributed by atoms with Crippen LogP contribution in [0.2, 0.25) is 0 Å². The smallest absolute Gasteiger partial charge is 0.407 e. The lowest BCUT2D eigenvalue weighted by atomic mass is 9.89. The van der Waals surface area contributed by atoms with Crippen LogP contribution in [0.4, 0.5) is 10.5 Å². The van der Waals surface area contributed by atoms with E-state index in [9.17, 15) is 9.59 Å². The average molecular weight is 432 g/mol. The largest absolute Gasteiger partial charge is 0.447 e. The number of alkyl carbamates (subject to hydrolysis) is 1. The number of anilines is 1. The van der Waals surface area contributed by atoms with Gasteiger partial charge in [-0.2, -0.15) is 0 Å². The highest BCUT2D eigenvalue weighted by Crippen LogP contribution is 2.39. The fourth-order valence-corrected chi connectivity index (χ4v) is 3.88. The van der Waals surface area contributed by atoms with Crippen molar-refractivity contribution in [3.05, 3.63) is 53.6 Å². The quantitative estimate of drug-likeness (QED) is 0.743. The zero-order chi connectivity index (χ0) is 21.1. The van der Waals surface area contributed by atoms with Gasteiger partial charge in [0.15, 0.2) is 0 Å². The van der Waals surface area contributed by atoms with Crippen molar-refractivity contribution in [3.63, 3.8) is 0 Å². The summed E-state index contributed by atoms with van der Waals surface area (Å²) in [6, 6.07) is 13.8. The van der Waals surface area contributed by atoms with Crippen molar-refractivity contribution in [1.82, 2.24) is 5.32 Å². The molecule has 2 amide bonds. The fourth-order valence-electron chi connectivity index (χ4n) is 3.88. The Kier molecular flexibility index (Phi) is 7.87. The lowest BCUT2D eigenvalue weighted by Gasteiger charge is -2.39. The third-order valence-electron chi connectivity index (χ3n) is 5.18. The number of carbonyl (C=O) groups excluding carboxylic acids is 2. The van der Waals surface area contributed by atoms with Gasteiger partial charge in [0.2, 0.25) is 5.91 Å². The number of nitrogens with two attached hydrogens (primary N) is 1. The maximum Gasteiger partial charge on any atom is 0.407 e. The van der Waals surface area contributed by atoms with Gasteiger partial charge in [0.05, 0.1) is 12.1 Å². The van der Waals surface area contributed by atoms with Crippen molar-refractivity contribution in [2.24, 2.45) is 5.73 Å². The Morgan fingerprint density at radius 1 is 1.17 bits per heavy atom. The van der Waals surface area contributed by atoms with Gasteiger partial charge in [-0.05, 0) is 61.6 Å². The normalized spacial score (nSPS) is 17.7. The molecule has 3 N–H and O–H groups in total. The van der Waals surface area contributed by atoms with Crippen molar-refractivity contribution >= 4 is 30.1 Å².